The minimum Gasteiger partial charge on any atom is -0.379 e. The number of thiazole rings is 1. The first-order chi connectivity index (χ1) is 14.9. The van der Waals surface area contributed by atoms with Crippen molar-refractivity contribution < 1.29 is 17.9 Å². The van der Waals surface area contributed by atoms with Gasteiger partial charge in [-0.3, -0.25) is 4.79 Å². The third-order valence-electron chi connectivity index (χ3n) is 5.12. The summed E-state index contributed by atoms with van der Waals surface area (Å²) in [6.45, 7) is 7.79. The first-order valence-electron chi connectivity index (χ1n) is 9.88. The van der Waals surface area contributed by atoms with Gasteiger partial charge in [0.25, 0.3) is 5.91 Å². The first kappa shape index (κ1) is 21.6. The number of carbonyl (C=O) groups is 1. The molecule has 1 aromatic heterocycles. The van der Waals surface area contributed by atoms with Crippen LogP contribution in [-0.2, 0) is 21.3 Å². The van der Waals surface area contributed by atoms with Crippen LogP contribution in [0.5, 0.6) is 0 Å². The summed E-state index contributed by atoms with van der Waals surface area (Å²) in [6.07, 6.45) is 1.77. The molecule has 31 heavy (non-hydrogen) atoms. The molecular formula is C22H23N3O4S2. The van der Waals surface area contributed by atoms with E-state index in [2.05, 4.69) is 11.6 Å². The molecule has 0 N–H and O–H groups in total. The number of aryl methyl sites for hydroxylation is 1. The number of hydrogen-bond donors (Lipinski definition) is 0. The lowest BCUT2D eigenvalue weighted by atomic mass is 10.2. The van der Waals surface area contributed by atoms with Gasteiger partial charge in [-0.15, -0.1) is 6.58 Å². The maximum Gasteiger partial charge on any atom is 0.279 e. The Morgan fingerprint density at radius 1 is 1.19 bits per heavy atom. The highest BCUT2D eigenvalue weighted by atomic mass is 32.2. The van der Waals surface area contributed by atoms with Gasteiger partial charge in [-0.1, -0.05) is 29.5 Å². The van der Waals surface area contributed by atoms with Crippen LogP contribution in [0.3, 0.4) is 0 Å². The Morgan fingerprint density at radius 2 is 1.90 bits per heavy atom. The molecule has 1 amide bonds. The highest BCUT2D eigenvalue weighted by Crippen LogP contribution is 2.21. The zero-order valence-corrected chi connectivity index (χ0v) is 18.8. The monoisotopic (exact) mass is 457 g/mol. The third kappa shape index (κ3) is 4.27. The Kier molecular flexibility index (Phi) is 6.19. The average Bonchev–Trinajstić information content (AvgIpc) is 3.13. The fourth-order valence-electron chi connectivity index (χ4n) is 3.55. The van der Waals surface area contributed by atoms with Gasteiger partial charge in [-0.05, 0) is 42.8 Å². The van der Waals surface area contributed by atoms with E-state index in [9.17, 15) is 13.2 Å². The predicted molar refractivity (Wildman–Crippen MR) is 121 cm³/mol. The molecule has 0 saturated carbocycles. The molecule has 0 atom stereocenters. The quantitative estimate of drug-likeness (QED) is 0.552. The third-order valence-corrected chi connectivity index (χ3v) is 8.08. The maximum atomic E-state index is 12.8. The van der Waals surface area contributed by atoms with Crippen molar-refractivity contribution in [3.8, 4) is 0 Å². The number of nitrogens with zero attached hydrogens (tertiary/aromatic N) is 3. The average molecular weight is 458 g/mol. The zero-order valence-electron chi connectivity index (χ0n) is 17.2. The lowest BCUT2D eigenvalue weighted by Crippen LogP contribution is -2.40. The second-order valence-electron chi connectivity index (χ2n) is 7.16. The Bertz CT molecular complexity index is 1300. The Labute approximate surface area is 185 Å². The number of amides is 1. The van der Waals surface area contributed by atoms with E-state index in [1.807, 2.05) is 29.7 Å². The van der Waals surface area contributed by atoms with Crippen molar-refractivity contribution >= 4 is 37.5 Å². The number of ether oxygens (including phenoxy) is 1. The fraction of sp³-hybridized carbons (Fsp3) is 0.273. The van der Waals surface area contributed by atoms with E-state index < -0.39 is 15.9 Å². The molecule has 9 heteroatoms. The molecule has 0 unspecified atom stereocenters. The molecule has 1 saturated heterocycles. The molecule has 4 rings (SSSR count). The van der Waals surface area contributed by atoms with Gasteiger partial charge in [0.2, 0.25) is 10.0 Å². The van der Waals surface area contributed by atoms with Crippen molar-refractivity contribution in [3.05, 3.63) is 71.0 Å². The summed E-state index contributed by atoms with van der Waals surface area (Å²) in [7, 11) is -3.60. The van der Waals surface area contributed by atoms with Gasteiger partial charge < -0.3 is 9.30 Å². The number of benzene rings is 2. The SMILES string of the molecule is C=CCn1c(=NC(=O)c2ccc(S(=O)(=O)N3CCOCC3)cc2)sc2cccc(C)c21. The maximum absolute atomic E-state index is 12.8. The molecule has 0 radical (unpaired) electrons. The summed E-state index contributed by atoms with van der Waals surface area (Å²) in [6, 6.07) is 11.9. The van der Waals surface area contributed by atoms with Crippen molar-refractivity contribution in [3.63, 3.8) is 0 Å². The molecule has 0 bridgehead atoms. The summed E-state index contributed by atoms with van der Waals surface area (Å²) in [5.41, 5.74) is 2.47. The second kappa shape index (κ2) is 8.88. The summed E-state index contributed by atoms with van der Waals surface area (Å²) in [5, 5.41) is 0. The van der Waals surface area contributed by atoms with Crippen molar-refractivity contribution in [1.29, 1.82) is 0 Å². The molecule has 2 aromatic carbocycles. The van der Waals surface area contributed by atoms with Gasteiger partial charge >= 0.3 is 0 Å². The van der Waals surface area contributed by atoms with Gasteiger partial charge in [-0.2, -0.15) is 9.30 Å². The molecule has 0 aliphatic carbocycles. The molecule has 1 aliphatic heterocycles. The van der Waals surface area contributed by atoms with E-state index in [4.69, 9.17) is 4.74 Å². The Morgan fingerprint density at radius 3 is 2.58 bits per heavy atom. The van der Waals surface area contributed by atoms with Gasteiger partial charge in [0, 0.05) is 25.2 Å². The Balaban J connectivity index is 1.66. The smallest absolute Gasteiger partial charge is 0.279 e. The number of sulfonamides is 1. The van der Waals surface area contributed by atoms with Gasteiger partial charge in [0.15, 0.2) is 4.80 Å². The molecule has 162 valence electrons. The molecule has 3 aromatic rings. The number of para-hydroxylation sites is 1. The number of fused-ring (bicyclic) bond motifs is 1. The number of allylic oxidation sites excluding steroid dienone is 1. The van der Waals surface area contributed by atoms with Crippen molar-refractivity contribution in [2.24, 2.45) is 4.99 Å². The fourth-order valence-corrected chi connectivity index (χ4v) is 6.07. The lowest BCUT2D eigenvalue weighted by molar-refractivity contribution is 0.0730. The summed E-state index contributed by atoms with van der Waals surface area (Å²) < 4.78 is 35.2. The van der Waals surface area contributed by atoms with Crippen LogP contribution in [0, 0.1) is 6.92 Å². The van der Waals surface area contributed by atoms with Gasteiger partial charge in [0.05, 0.1) is 28.3 Å². The molecule has 2 heterocycles. The largest absolute Gasteiger partial charge is 0.379 e. The van der Waals surface area contributed by atoms with Gasteiger partial charge in [0.1, 0.15) is 0 Å². The normalized spacial score (nSPS) is 16.0. The van der Waals surface area contributed by atoms with Crippen LogP contribution in [0.15, 0.2) is 65.0 Å². The molecular weight excluding hydrogens is 434 g/mol. The minimum absolute atomic E-state index is 0.158. The van der Waals surface area contributed by atoms with Crippen molar-refractivity contribution in [2.75, 3.05) is 26.3 Å². The second-order valence-corrected chi connectivity index (χ2v) is 10.1. The van der Waals surface area contributed by atoms with E-state index in [0.29, 0.717) is 43.2 Å². The van der Waals surface area contributed by atoms with Crippen LogP contribution in [-0.4, -0.2) is 49.5 Å². The standard InChI is InChI=1S/C22H23N3O4S2/c1-3-11-25-20-16(2)5-4-6-19(20)30-22(25)23-21(26)17-7-9-18(10-8-17)31(27,28)24-12-14-29-15-13-24/h3-10H,1,11-15H2,2H3. The van der Waals surface area contributed by atoms with Crippen LogP contribution in [0.2, 0.25) is 0 Å². The highest BCUT2D eigenvalue weighted by Gasteiger charge is 2.26. The van der Waals surface area contributed by atoms with E-state index >= 15 is 0 Å². The van der Waals surface area contributed by atoms with Gasteiger partial charge in [-0.25, -0.2) is 8.42 Å². The van der Waals surface area contributed by atoms with Crippen LogP contribution in [0.25, 0.3) is 10.2 Å². The predicted octanol–water partition coefficient (Wildman–Crippen LogP) is 2.96. The van der Waals surface area contributed by atoms with E-state index in [0.717, 1.165) is 15.8 Å². The summed E-state index contributed by atoms with van der Waals surface area (Å²) in [5.74, 6) is -0.419. The minimum atomic E-state index is -3.60. The molecule has 7 nitrogen and oxygen atoms in total. The molecule has 1 fully saturated rings. The van der Waals surface area contributed by atoms with Crippen LogP contribution in [0.4, 0.5) is 0 Å². The molecule has 1 aliphatic rings. The number of morpholine rings is 1. The summed E-state index contributed by atoms with van der Waals surface area (Å²) >= 11 is 1.44. The Hall–Kier alpha value is -2.59. The van der Waals surface area contributed by atoms with E-state index in [-0.39, 0.29) is 4.90 Å². The first-order valence-corrected chi connectivity index (χ1v) is 12.1. The van der Waals surface area contributed by atoms with Crippen LogP contribution < -0.4 is 4.80 Å². The zero-order chi connectivity index (χ0) is 22.0. The van der Waals surface area contributed by atoms with Crippen LogP contribution >= 0.6 is 11.3 Å². The highest BCUT2D eigenvalue weighted by molar-refractivity contribution is 7.89. The van der Waals surface area contributed by atoms with E-state index in [1.165, 1.54) is 39.9 Å². The molecule has 0 spiro atoms. The number of carbonyl (C=O) groups excluding carboxylic acids is 1. The topological polar surface area (TPSA) is 81.0 Å². The van der Waals surface area contributed by atoms with Crippen LogP contribution in [0.1, 0.15) is 15.9 Å². The van der Waals surface area contributed by atoms with Crippen molar-refractivity contribution in [2.45, 2.75) is 18.4 Å². The van der Waals surface area contributed by atoms with E-state index in [1.54, 1.807) is 6.08 Å². The number of aromatic nitrogens is 1. The van der Waals surface area contributed by atoms with Crippen molar-refractivity contribution in [1.82, 2.24) is 8.87 Å². The number of rotatable bonds is 5. The lowest BCUT2D eigenvalue weighted by Gasteiger charge is -2.26. The number of hydrogen-bond acceptors (Lipinski definition) is 5. The summed E-state index contributed by atoms with van der Waals surface area (Å²) in [4.78, 5) is 17.9.